The summed E-state index contributed by atoms with van der Waals surface area (Å²) in [6.45, 7) is 3.10. The van der Waals surface area contributed by atoms with Gasteiger partial charge in [0.05, 0.1) is 16.6 Å². The van der Waals surface area contributed by atoms with Crippen molar-refractivity contribution in [3.63, 3.8) is 0 Å². The minimum Gasteiger partial charge on any atom is -0.386 e. The molecule has 0 atom stereocenters. The van der Waals surface area contributed by atoms with E-state index in [0.717, 1.165) is 49.9 Å². The Morgan fingerprint density at radius 3 is 2.43 bits per heavy atom. The van der Waals surface area contributed by atoms with E-state index in [0.29, 0.717) is 16.6 Å². The fourth-order valence-corrected chi connectivity index (χ4v) is 4.65. The number of benzene rings is 1. The van der Waals surface area contributed by atoms with Crippen LogP contribution in [-0.4, -0.2) is 31.8 Å². The number of aryl methyl sites for hydroxylation is 1. The fraction of sp³-hybridized carbons (Fsp3) is 0.440. The largest absolute Gasteiger partial charge is 0.433 e. The van der Waals surface area contributed by atoms with Crippen LogP contribution in [0.15, 0.2) is 30.3 Å². The number of amides is 1. The highest BCUT2D eigenvalue weighted by atomic mass is 19.4. The minimum absolute atomic E-state index is 0.0778. The Kier molecular flexibility index (Phi) is 6.44. The molecule has 1 aliphatic rings. The number of aromatic nitrogens is 3. The molecular formula is C25H27F3N4O3. The third kappa shape index (κ3) is 5.07. The Morgan fingerprint density at radius 2 is 1.83 bits per heavy atom. The van der Waals surface area contributed by atoms with Crippen LogP contribution in [0.3, 0.4) is 0 Å². The number of hydrogen-bond donors (Lipinski definition) is 2. The van der Waals surface area contributed by atoms with Gasteiger partial charge in [0.2, 0.25) is 0 Å². The van der Waals surface area contributed by atoms with Crippen LogP contribution in [0.25, 0.3) is 11.0 Å². The summed E-state index contributed by atoms with van der Waals surface area (Å²) in [7, 11) is 1.86. The van der Waals surface area contributed by atoms with Crippen molar-refractivity contribution in [2.75, 3.05) is 5.32 Å². The number of aldehydes is 1. The van der Waals surface area contributed by atoms with Gasteiger partial charge in [0.25, 0.3) is 5.91 Å². The van der Waals surface area contributed by atoms with Crippen LogP contribution in [0.2, 0.25) is 0 Å². The van der Waals surface area contributed by atoms with E-state index in [2.05, 4.69) is 10.3 Å². The maximum atomic E-state index is 13.0. The average Bonchev–Trinajstić information content (AvgIpc) is 3.13. The molecule has 35 heavy (non-hydrogen) atoms. The van der Waals surface area contributed by atoms with Crippen molar-refractivity contribution >= 4 is 28.9 Å². The van der Waals surface area contributed by atoms with Gasteiger partial charge in [-0.3, -0.25) is 4.79 Å². The summed E-state index contributed by atoms with van der Waals surface area (Å²) in [6, 6.07) is 6.47. The minimum atomic E-state index is -4.68. The van der Waals surface area contributed by atoms with Crippen LogP contribution >= 0.6 is 0 Å². The molecule has 4 rings (SSSR count). The number of carbonyl (C=O) groups excluding carboxylic acids is 2. The molecule has 1 fully saturated rings. The molecule has 1 amide bonds. The van der Waals surface area contributed by atoms with Crippen LogP contribution < -0.4 is 5.32 Å². The summed E-state index contributed by atoms with van der Waals surface area (Å²) in [5.41, 5.74) is -0.945. The molecule has 2 N–H and O–H groups in total. The van der Waals surface area contributed by atoms with E-state index in [1.165, 1.54) is 6.07 Å². The maximum absolute atomic E-state index is 13.0. The van der Waals surface area contributed by atoms with E-state index >= 15 is 0 Å². The van der Waals surface area contributed by atoms with E-state index in [-0.39, 0.29) is 23.2 Å². The summed E-state index contributed by atoms with van der Waals surface area (Å²) < 4.78 is 41.0. The molecule has 3 aromatic rings. The van der Waals surface area contributed by atoms with Crippen molar-refractivity contribution in [3.8, 4) is 0 Å². The molecule has 0 unspecified atom stereocenters. The molecule has 2 aromatic heterocycles. The molecule has 1 saturated carbocycles. The monoisotopic (exact) mass is 488 g/mol. The predicted octanol–water partition coefficient (Wildman–Crippen LogP) is 4.94. The SMILES string of the molecule is Cn1c(C2CCC(C=O)CC2)nc2cc(C(C)(C)O)c(NC(=O)c3cccc(C(F)(F)F)n3)cc21. The number of hydrogen-bond acceptors (Lipinski definition) is 5. The summed E-state index contributed by atoms with van der Waals surface area (Å²) in [5, 5.41) is 13.4. The standard InChI is InChI=1S/C25H27F3N4O3/c1-24(2,35)16-11-19-20(32(3)22(30-19)15-9-7-14(13-33)8-10-15)12-18(16)31-23(34)17-5-4-6-21(29-17)25(26,27)28/h4-6,11-15,35H,7-10H2,1-3H3,(H,31,34). The van der Waals surface area contributed by atoms with Gasteiger partial charge >= 0.3 is 6.18 Å². The van der Waals surface area contributed by atoms with Gasteiger partial charge in [0.15, 0.2) is 0 Å². The second-order valence-corrected chi connectivity index (χ2v) is 9.58. The van der Waals surface area contributed by atoms with Crippen molar-refractivity contribution in [1.82, 2.24) is 14.5 Å². The quantitative estimate of drug-likeness (QED) is 0.496. The Labute approximate surface area is 200 Å². The van der Waals surface area contributed by atoms with Crippen molar-refractivity contribution in [2.24, 2.45) is 13.0 Å². The molecule has 7 nitrogen and oxygen atoms in total. The molecule has 0 aliphatic heterocycles. The first kappa shape index (κ1) is 24.8. The van der Waals surface area contributed by atoms with Gasteiger partial charge in [-0.15, -0.1) is 0 Å². The number of carbonyl (C=O) groups is 2. The fourth-order valence-electron chi connectivity index (χ4n) is 4.65. The van der Waals surface area contributed by atoms with Gasteiger partial charge in [-0.1, -0.05) is 6.07 Å². The van der Waals surface area contributed by atoms with Crippen LogP contribution in [0.1, 0.15) is 73.0 Å². The molecule has 2 heterocycles. The lowest BCUT2D eigenvalue weighted by Crippen LogP contribution is -2.22. The number of rotatable bonds is 5. The van der Waals surface area contributed by atoms with Gasteiger partial charge < -0.3 is 19.8 Å². The number of anilines is 1. The summed E-state index contributed by atoms with van der Waals surface area (Å²) in [6.07, 6.45) is -0.388. The zero-order chi connectivity index (χ0) is 25.5. The Morgan fingerprint density at radius 1 is 1.14 bits per heavy atom. The lowest BCUT2D eigenvalue weighted by atomic mass is 9.82. The average molecular weight is 489 g/mol. The molecule has 10 heteroatoms. The van der Waals surface area contributed by atoms with Crippen molar-refractivity contribution in [3.05, 3.63) is 53.1 Å². The Hall–Kier alpha value is -3.27. The number of pyridine rings is 1. The first-order valence-corrected chi connectivity index (χ1v) is 11.4. The molecule has 0 saturated heterocycles. The molecule has 1 aromatic carbocycles. The normalized spacial score (nSPS) is 19.1. The maximum Gasteiger partial charge on any atom is 0.433 e. The number of alkyl halides is 3. The van der Waals surface area contributed by atoms with Gasteiger partial charge in [0.1, 0.15) is 23.5 Å². The highest BCUT2D eigenvalue weighted by Crippen LogP contribution is 2.38. The second-order valence-electron chi connectivity index (χ2n) is 9.58. The second kappa shape index (κ2) is 9.07. The third-order valence-electron chi connectivity index (χ3n) is 6.56. The predicted molar refractivity (Wildman–Crippen MR) is 124 cm³/mol. The molecule has 0 bridgehead atoms. The van der Waals surface area contributed by atoms with Crippen LogP contribution in [-0.2, 0) is 23.6 Å². The molecular weight excluding hydrogens is 461 g/mol. The number of aliphatic hydroxyl groups is 1. The van der Waals surface area contributed by atoms with E-state index in [1.807, 2.05) is 11.6 Å². The molecule has 0 spiro atoms. The number of nitrogens with one attached hydrogen (secondary N) is 1. The highest BCUT2D eigenvalue weighted by molar-refractivity contribution is 6.04. The lowest BCUT2D eigenvalue weighted by molar-refractivity contribution is -0.141. The van der Waals surface area contributed by atoms with Crippen molar-refractivity contribution in [1.29, 1.82) is 0 Å². The summed E-state index contributed by atoms with van der Waals surface area (Å²) in [5.74, 6) is 0.292. The number of nitrogens with zero attached hydrogens (tertiary/aromatic N) is 3. The van der Waals surface area contributed by atoms with Gasteiger partial charge in [-0.25, -0.2) is 9.97 Å². The molecule has 1 aliphatic carbocycles. The van der Waals surface area contributed by atoms with E-state index < -0.39 is 23.4 Å². The first-order valence-electron chi connectivity index (χ1n) is 11.4. The van der Waals surface area contributed by atoms with E-state index in [4.69, 9.17) is 4.98 Å². The molecule has 186 valence electrons. The lowest BCUT2D eigenvalue weighted by Gasteiger charge is -2.24. The van der Waals surface area contributed by atoms with E-state index in [1.54, 1.807) is 26.0 Å². The van der Waals surface area contributed by atoms with Crippen LogP contribution in [0, 0.1) is 5.92 Å². The van der Waals surface area contributed by atoms with Gasteiger partial charge in [0, 0.05) is 30.1 Å². The summed E-state index contributed by atoms with van der Waals surface area (Å²) in [4.78, 5) is 32.2. The topological polar surface area (TPSA) is 97.1 Å². The van der Waals surface area contributed by atoms with Gasteiger partial charge in [-0.2, -0.15) is 13.2 Å². The van der Waals surface area contributed by atoms with Crippen LogP contribution in [0.4, 0.5) is 18.9 Å². The van der Waals surface area contributed by atoms with Crippen molar-refractivity contribution in [2.45, 2.75) is 57.2 Å². The highest BCUT2D eigenvalue weighted by Gasteiger charge is 2.33. The first-order chi connectivity index (χ1) is 16.4. The van der Waals surface area contributed by atoms with Crippen LogP contribution in [0.5, 0.6) is 0 Å². The van der Waals surface area contributed by atoms with Crippen molar-refractivity contribution < 1.29 is 27.9 Å². The summed E-state index contributed by atoms with van der Waals surface area (Å²) >= 11 is 0. The number of halogens is 3. The zero-order valence-electron chi connectivity index (χ0n) is 19.7. The number of imidazole rings is 1. The molecule has 0 radical (unpaired) electrons. The smallest absolute Gasteiger partial charge is 0.386 e. The Balaban J connectivity index is 1.71. The number of fused-ring (bicyclic) bond motifs is 1. The zero-order valence-corrected chi connectivity index (χ0v) is 19.7. The van der Waals surface area contributed by atoms with Gasteiger partial charge in [-0.05, 0) is 63.8 Å². The third-order valence-corrected chi connectivity index (χ3v) is 6.56. The van der Waals surface area contributed by atoms with E-state index in [9.17, 15) is 27.9 Å². The Bertz CT molecular complexity index is 1270.